The highest BCUT2D eigenvalue weighted by molar-refractivity contribution is 6.00. The van der Waals surface area contributed by atoms with Crippen LogP contribution >= 0.6 is 0 Å². The third-order valence-corrected chi connectivity index (χ3v) is 4.96. The van der Waals surface area contributed by atoms with Gasteiger partial charge in [0.2, 0.25) is 5.90 Å². The predicted molar refractivity (Wildman–Crippen MR) is 122 cm³/mol. The summed E-state index contributed by atoms with van der Waals surface area (Å²) in [6.45, 7) is 3.39. The molecule has 0 unspecified atom stereocenters. The Balaban J connectivity index is 1.76. The van der Waals surface area contributed by atoms with Gasteiger partial charge in [0.25, 0.3) is 5.91 Å². The number of aliphatic hydroxyl groups is 1. The van der Waals surface area contributed by atoms with Crippen molar-refractivity contribution in [3.63, 3.8) is 0 Å². The standard InChI is InChI=1S/C25H30N2O4/c1-2-16-26-24(29)25(15-6-10-20-8-4-3-5-9-20)19-31-23(27-25)21-11-13-22(14-12-21)30-18-7-17-28/h3-6,8-14,28H,2,7,15-19H2,1H3,(H,26,29)/b10-6+/t25-/m1/s1. The molecule has 0 aliphatic carbocycles. The van der Waals surface area contributed by atoms with Crippen molar-refractivity contribution in [1.82, 2.24) is 5.32 Å². The SMILES string of the molecule is CCCNC(=O)[C@@]1(C/C=C/c2ccccc2)COC(c2ccc(OCCCO)cc2)=N1. The lowest BCUT2D eigenvalue weighted by molar-refractivity contribution is -0.126. The fourth-order valence-electron chi connectivity index (χ4n) is 3.21. The number of hydrogen-bond acceptors (Lipinski definition) is 5. The molecule has 6 heteroatoms. The predicted octanol–water partition coefficient (Wildman–Crippen LogP) is 3.59. The number of carbonyl (C=O) groups is 1. The van der Waals surface area contributed by atoms with Gasteiger partial charge in [-0.05, 0) is 36.2 Å². The van der Waals surface area contributed by atoms with Gasteiger partial charge in [0.15, 0.2) is 5.54 Å². The van der Waals surface area contributed by atoms with Crippen LogP contribution in [0.2, 0.25) is 0 Å². The van der Waals surface area contributed by atoms with Crippen molar-refractivity contribution in [2.75, 3.05) is 26.4 Å². The van der Waals surface area contributed by atoms with Gasteiger partial charge in [-0.15, -0.1) is 0 Å². The molecule has 1 heterocycles. The summed E-state index contributed by atoms with van der Waals surface area (Å²) in [4.78, 5) is 17.7. The molecule has 0 saturated heterocycles. The monoisotopic (exact) mass is 422 g/mol. The number of carbonyl (C=O) groups excluding carboxylic acids is 1. The second-order valence-electron chi connectivity index (χ2n) is 7.46. The Morgan fingerprint density at radius 3 is 2.71 bits per heavy atom. The van der Waals surface area contributed by atoms with E-state index in [-0.39, 0.29) is 19.1 Å². The molecule has 0 aromatic heterocycles. The van der Waals surface area contributed by atoms with E-state index >= 15 is 0 Å². The summed E-state index contributed by atoms with van der Waals surface area (Å²) in [6, 6.07) is 17.4. The summed E-state index contributed by atoms with van der Waals surface area (Å²) >= 11 is 0. The fourth-order valence-corrected chi connectivity index (χ4v) is 3.21. The van der Waals surface area contributed by atoms with Crippen LogP contribution in [-0.4, -0.2) is 48.8 Å². The van der Waals surface area contributed by atoms with E-state index in [0.29, 0.717) is 37.6 Å². The number of hydrogen-bond donors (Lipinski definition) is 2. The minimum Gasteiger partial charge on any atom is -0.494 e. The first-order valence-corrected chi connectivity index (χ1v) is 10.7. The van der Waals surface area contributed by atoms with Gasteiger partial charge in [0.1, 0.15) is 12.4 Å². The van der Waals surface area contributed by atoms with Crippen molar-refractivity contribution in [3.8, 4) is 5.75 Å². The molecular weight excluding hydrogens is 392 g/mol. The van der Waals surface area contributed by atoms with E-state index in [1.807, 2.05) is 73.7 Å². The van der Waals surface area contributed by atoms with Crippen LogP contribution in [0.5, 0.6) is 5.75 Å². The lowest BCUT2D eigenvalue weighted by Crippen LogP contribution is -2.46. The van der Waals surface area contributed by atoms with Crippen LogP contribution in [-0.2, 0) is 9.53 Å². The maximum absolute atomic E-state index is 13.0. The summed E-state index contributed by atoms with van der Waals surface area (Å²) in [6.07, 6.45) is 5.87. The Morgan fingerprint density at radius 2 is 2.00 bits per heavy atom. The first-order valence-electron chi connectivity index (χ1n) is 10.7. The van der Waals surface area contributed by atoms with Crippen LogP contribution in [0.4, 0.5) is 0 Å². The molecule has 0 spiro atoms. The van der Waals surface area contributed by atoms with Gasteiger partial charge in [-0.1, -0.05) is 49.4 Å². The number of nitrogens with zero attached hydrogens (tertiary/aromatic N) is 1. The van der Waals surface area contributed by atoms with Crippen molar-refractivity contribution >= 4 is 17.9 Å². The molecule has 0 saturated carbocycles. The van der Waals surface area contributed by atoms with E-state index in [1.54, 1.807) is 0 Å². The molecule has 0 radical (unpaired) electrons. The molecule has 0 fully saturated rings. The molecular formula is C25H30N2O4. The normalized spacial score (nSPS) is 17.9. The van der Waals surface area contributed by atoms with Gasteiger partial charge in [-0.3, -0.25) is 4.79 Å². The first kappa shape index (κ1) is 22.6. The number of nitrogens with one attached hydrogen (secondary N) is 1. The minimum absolute atomic E-state index is 0.101. The lowest BCUT2D eigenvalue weighted by atomic mass is 9.95. The molecule has 0 bridgehead atoms. The van der Waals surface area contributed by atoms with Gasteiger partial charge in [0, 0.05) is 31.6 Å². The third-order valence-electron chi connectivity index (χ3n) is 4.96. The third kappa shape index (κ3) is 6.18. The molecule has 2 aromatic rings. The zero-order valence-corrected chi connectivity index (χ0v) is 17.9. The van der Waals surface area contributed by atoms with Gasteiger partial charge in [-0.2, -0.15) is 0 Å². The number of aliphatic imine (C=N–C) groups is 1. The van der Waals surface area contributed by atoms with Crippen LogP contribution in [0.25, 0.3) is 6.08 Å². The maximum Gasteiger partial charge on any atom is 0.251 e. The van der Waals surface area contributed by atoms with Crippen LogP contribution in [0.1, 0.15) is 37.3 Å². The lowest BCUT2D eigenvalue weighted by Gasteiger charge is -2.21. The van der Waals surface area contributed by atoms with Crippen LogP contribution in [0.15, 0.2) is 65.7 Å². The van der Waals surface area contributed by atoms with Gasteiger partial charge >= 0.3 is 0 Å². The summed E-state index contributed by atoms with van der Waals surface area (Å²) < 4.78 is 11.4. The summed E-state index contributed by atoms with van der Waals surface area (Å²) in [7, 11) is 0. The number of aliphatic hydroxyl groups excluding tert-OH is 1. The first-order chi connectivity index (χ1) is 15.2. The van der Waals surface area contributed by atoms with Crippen LogP contribution < -0.4 is 10.1 Å². The fraction of sp³-hybridized carbons (Fsp3) is 0.360. The molecule has 1 atom stereocenters. The average Bonchev–Trinajstić information content (AvgIpc) is 3.24. The quantitative estimate of drug-likeness (QED) is 0.543. The number of amides is 1. The van der Waals surface area contributed by atoms with Crippen molar-refractivity contribution < 1.29 is 19.4 Å². The van der Waals surface area contributed by atoms with Crippen LogP contribution in [0, 0.1) is 0 Å². The average molecular weight is 423 g/mol. The Labute approximate surface area is 183 Å². The zero-order chi connectivity index (χ0) is 21.9. The second-order valence-corrected chi connectivity index (χ2v) is 7.46. The smallest absolute Gasteiger partial charge is 0.251 e. The number of rotatable bonds is 11. The van der Waals surface area contributed by atoms with E-state index in [4.69, 9.17) is 19.6 Å². The largest absolute Gasteiger partial charge is 0.494 e. The van der Waals surface area contributed by atoms with Gasteiger partial charge in [0.05, 0.1) is 6.61 Å². The highest BCUT2D eigenvalue weighted by Crippen LogP contribution is 2.27. The number of benzene rings is 2. The Kier molecular flexibility index (Phi) is 8.24. The minimum atomic E-state index is -0.980. The molecule has 1 amide bonds. The zero-order valence-electron chi connectivity index (χ0n) is 17.9. The second kappa shape index (κ2) is 11.3. The van der Waals surface area contributed by atoms with E-state index < -0.39 is 5.54 Å². The maximum atomic E-state index is 13.0. The van der Waals surface area contributed by atoms with Crippen molar-refractivity contribution in [1.29, 1.82) is 0 Å². The Bertz CT molecular complexity index is 893. The number of ether oxygens (including phenoxy) is 2. The van der Waals surface area contributed by atoms with E-state index in [1.165, 1.54) is 0 Å². The highest BCUT2D eigenvalue weighted by Gasteiger charge is 2.43. The van der Waals surface area contributed by atoms with Crippen molar-refractivity contribution in [2.45, 2.75) is 31.7 Å². The molecule has 31 heavy (non-hydrogen) atoms. The van der Waals surface area contributed by atoms with Gasteiger partial charge < -0.3 is 19.9 Å². The Hall–Kier alpha value is -3.12. The van der Waals surface area contributed by atoms with Crippen molar-refractivity contribution in [3.05, 3.63) is 71.8 Å². The van der Waals surface area contributed by atoms with Crippen molar-refractivity contribution in [2.24, 2.45) is 4.99 Å². The molecule has 1 aliphatic rings. The summed E-state index contributed by atoms with van der Waals surface area (Å²) in [5, 5.41) is 11.8. The van der Waals surface area contributed by atoms with E-state index in [2.05, 4.69) is 5.32 Å². The topological polar surface area (TPSA) is 80.2 Å². The summed E-state index contributed by atoms with van der Waals surface area (Å²) in [5.74, 6) is 1.06. The summed E-state index contributed by atoms with van der Waals surface area (Å²) in [5.41, 5.74) is 0.893. The molecule has 6 nitrogen and oxygen atoms in total. The molecule has 1 aliphatic heterocycles. The molecule has 2 aromatic carbocycles. The molecule has 2 N–H and O–H groups in total. The van der Waals surface area contributed by atoms with E-state index in [0.717, 1.165) is 17.5 Å². The molecule has 164 valence electrons. The highest BCUT2D eigenvalue weighted by atomic mass is 16.5. The Morgan fingerprint density at radius 1 is 1.23 bits per heavy atom. The molecule has 3 rings (SSSR count). The van der Waals surface area contributed by atoms with E-state index in [9.17, 15) is 4.79 Å². The van der Waals surface area contributed by atoms with Gasteiger partial charge in [-0.25, -0.2) is 4.99 Å². The van der Waals surface area contributed by atoms with Crippen LogP contribution in [0.3, 0.4) is 0 Å².